The molecule has 1 saturated heterocycles. The molecule has 0 amide bonds. The van der Waals surface area contributed by atoms with Crippen LogP contribution in [0.5, 0.6) is 0 Å². The number of rotatable bonds is 2. The van der Waals surface area contributed by atoms with E-state index in [2.05, 4.69) is 38.1 Å². The monoisotopic (exact) mass is 247 g/mol. The number of hydrazine groups is 1. The topological polar surface area (TPSA) is 41.3 Å². The minimum atomic E-state index is 0.170. The minimum Gasteiger partial charge on any atom is -0.399 e. The molecule has 3 N–H and O–H groups in total. The van der Waals surface area contributed by atoms with E-state index < -0.39 is 0 Å². The fourth-order valence-electron chi connectivity index (χ4n) is 2.99. The predicted molar refractivity (Wildman–Crippen MR) is 78.3 cm³/mol. The molecular formula is C15H25N3. The Morgan fingerprint density at radius 1 is 1.00 bits per heavy atom. The Labute approximate surface area is 110 Å². The summed E-state index contributed by atoms with van der Waals surface area (Å²) in [5, 5.41) is 2.40. The van der Waals surface area contributed by atoms with Crippen LogP contribution < -0.4 is 11.2 Å². The van der Waals surface area contributed by atoms with Gasteiger partial charge < -0.3 is 11.2 Å². The second-order valence-corrected chi connectivity index (χ2v) is 6.55. The minimum absolute atomic E-state index is 0.170. The number of hydrogen-bond acceptors (Lipinski definition) is 3. The van der Waals surface area contributed by atoms with Gasteiger partial charge in [-0.2, -0.15) is 0 Å². The van der Waals surface area contributed by atoms with Crippen molar-refractivity contribution in [1.82, 2.24) is 5.01 Å². The Hall–Kier alpha value is -1.22. The number of hydrogen-bond donors (Lipinski definition) is 2. The SMILES string of the molecule is CC1(C)CCCC(C)(C)N1Nc1ccc(N)cc1. The van der Waals surface area contributed by atoms with Crippen LogP contribution in [-0.2, 0) is 0 Å². The normalized spacial score (nSPS) is 22.7. The van der Waals surface area contributed by atoms with Gasteiger partial charge in [-0.3, -0.25) is 0 Å². The summed E-state index contributed by atoms with van der Waals surface area (Å²) in [6, 6.07) is 7.95. The predicted octanol–water partition coefficient (Wildman–Crippen LogP) is 3.64. The van der Waals surface area contributed by atoms with Crippen LogP contribution in [0.15, 0.2) is 24.3 Å². The third-order valence-corrected chi connectivity index (χ3v) is 3.94. The molecule has 0 unspecified atom stereocenters. The molecule has 0 atom stereocenters. The zero-order valence-electron chi connectivity index (χ0n) is 12.0. The third kappa shape index (κ3) is 2.61. The molecule has 18 heavy (non-hydrogen) atoms. The molecule has 0 spiro atoms. The zero-order valence-corrected chi connectivity index (χ0v) is 12.0. The van der Waals surface area contributed by atoms with Gasteiger partial charge in [0.05, 0.1) is 0 Å². The van der Waals surface area contributed by atoms with Gasteiger partial charge in [0.25, 0.3) is 0 Å². The van der Waals surface area contributed by atoms with Crippen molar-refractivity contribution in [2.45, 2.75) is 58.0 Å². The second kappa shape index (κ2) is 4.47. The van der Waals surface area contributed by atoms with Crippen LogP contribution in [0.4, 0.5) is 11.4 Å². The average molecular weight is 247 g/mol. The van der Waals surface area contributed by atoms with E-state index >= 15 is 0 Å². The van der Waals surface area contributed by atoms with Crippen molar-refractivity contribution >= 4 is 11.4 Å². The molecule has 1 aliphatic rings. The van der Waals surface area contributed by atoms with Gasteiger partial charge in [0.1, 0.15) is 0 Å². The van der Waals surface area contributed by atoms with Gasteiger partial charge in [0.15, 0.2) is 0 Å². The summed E-state index contributed by atoms with van der Waals surface area (Å²) in [6.45, 7) is 9.22. The molecule has 0 aromatic heterocycles. The highest BCUT2D eigenvalue weighted by atomic mass is 15.6. The molecule has 2 rings (SSSR count). The lowest BCUT2D eigenvalue weighted by Crippen LogP contribution is -2.60. The maximum Gasteiger partial charge on any atom is 0.0492 e. The Kier molecular flexibility index (Phi) is 3.28. The molecule has 1 aliphatic heterocycles. The lowest BCUT2D eigenvalue weighted by molar-refractivity contribution is -0.00312. The van der Waals surface area contributed by atoms with Gasteiger partial charge in [-0.1, -0.05) is 0 Å². The van der Waals surface area contributed by atoms with Crippen molar-refractivity contribution in [3.05, 3.63) is 24.3 Å². The lowest BCUT2D eigenvalue weighted by atomic mass is 9.81. The number of nitrogens with one attached hydrogen (secondary N) is 1. The largest absolute Gasteiger partial charge is 0.399 e. The molecule has 0 radical (unpaired) electrons. The number of nitrogens with zero attached hydrogens (tertiary/aromatic N) is 1. The van der Waals surface area contributed by atoms with Crippen LogP contribution >= 0.6 is 0 Å². The fourth-order valence-corrected chi connectivity index (χ4v) is 2.99. The third-order valence-electron chi connectivity index (χ3n) is 3.94. The maximum absolute atomic E-state index is 5.73. The summed E-state index contributed by atoms with van der Waals surface area (Å²) in [4.78, 5) is 0. The Morgan fingerprint density at radius 3 is 2.00 bits per heavy atom. The first-order valence-corrected chi connectivity index (χ1v) is 6.74. The van der Waals surface area contributed by atoms with E-state index in [4.69, 9.17) is 5.73 Å². The molecule has 0 saturated carbocycles. The van der Waals surface area contributed by atoms with Crippen molar-refractivity contribution in [1.29, 1.82) is 0 Å². The van der Waals surface area contributed by atoms with Crippen LogP contribution in [0.3, 0.4) is 0 Å². The number of nitrogen functional groups attached to an aromatic ring is 1. The number of benzene rings is 1. The summed E-state index contributed by atoms with van der Waals surface area (Å²) in [6.07, 6.45) is 3.73. The number of nitrogens with two attached hydrogens (primary N) is 1. The van der Waals surface area contributed by atoms with Crippen molar-refractivity contribution in [2.75, 3.05) is 11.2 Å². The molecule has 100 valence electrons. The maximum atomic E-state index is 5.73. The quantitative estimate of drug-likeness (QED) is 0.784. The molecule has 1 aromatic carbocycles. The summed E-state index contributed by atoms with van der Waals surface area (Å²) in [7, 11) is 0. The standard InChI is InChI=1S/C15H25N3/c1-14(2)10-5-11-15(3,4)18(14)17-13-8-6-12(16)7-9-13/h6-9,17H,5,10-11,16H2,1-4H3. The zero-order chi connectivity index (χ0) is 13.4. The van der Waals surface area contributed by atoms with Gasteiger partial charge in [0, 0.05) is 22.5 Å². The first-order chi connectivity index (χ1) is 8.31. The number of piperidine rings is 1. The molecule has 1 fully saturated rings. The van der Waals surface area contributed by atoms with Gasteiger partial charge in [-0.05, 0) is 71.2 Å². The van der Waals surface area contributed by atoms with E-state index in [1.165, 1.54) is 19.3 Å². The van der Waals surface area contributed by atoms with Crippen LogP contribution in [0.25, 0.3) is 0 Å². The molecule has 1 aromatic rings. The van der Waals surface area contributed by atoms with Gasteiger partial charge in [-0.25, -0.2) is 5.01 Å². The molecule has 1 heterocycles. The molecule has 3 heteroatoms. The highest BCUT2D eigenvalue weighted by Crippen LogP contribution is 2.38. The van der Waals surface area contributed by atoms with Gasteiger partial charge >= 0.3 is 0 Å². The van der Waals surface area contributed by atoms with Crippen LogP contribution in [0.2, 0.25) is 0 Å². The van der Waals surface area contributed by atoms with E-state index in [-0.39, 0.29) is 11.1 Å². The first-order valence-electron chi connectivity index (χ1n) is 6.74. The Morgan fingerprint density at radius 2 is 1.50 bits per heavy atom. The summed E-state index contributed by atoms with van der Waals surface area (Å²) in [5.41, 5.74) is 11.5. The van der Waals surface area contributed by atoms with E-state index in [1.807, 2.05) is 24.3 Å². The van der Waals surface area contributed by atoms with Gasteiger partial charge in [0.2, 0.25) is 0 Å². The molecular weight excluding hydrogens is 222 g/mol. The van der Waals surface area contributed by atoms with E-state index in [9.17, 15) is 0 Å². The van der Waals surface area contributed by atoms with E-state index in [0.717, 1.165) is 11.4 Å². The Balaban J connectivity index is 2.21. The van der Waals surface area contributed by atoms with Crippen molar-refractivity contribution in [2.24, 2.45) is 0 Å². The summed E-state index contributed by atoms with van der Waals surface area (Å²) in [5.74, 6) is 0. The van der Waals surface area contributed by atoms with E-state index in [0.29, 0.717) is 0 Å². The molecule has 0 bridgehead atoms. The Bertz CT molecular complexity index is 390. The van der Waals surface area contributed by atoms with Crippen molar-refractivity contribution < 1.29 is 0 Å². The van der Waals surface area contributed by atoms with Crippen LogP contribution in [0, 0.1) is 0 Å². The van der Waals surface area contributed by atoms with Gasteiger partial charge in [-0.15, -0.1) is 0 Å². The second-order valence-electron chi connectivity index (χ2n) is 6.55. The van der Waals surface area contributed by atoms with Crippen molar-refractivity contribution in [3.63, 3.8) is 0 Å². The highest BCUT2D eigenvalue weighted by Gasteiger charge is 2.41. The molecule has 0 aliphatic carbocycles. The van der Waals surface area contributed by atoms with Crippen LogP contribution in [-0.4, -0.2) is 16.1 Å². The summed E-state index contributed by atoms with van der Waals surface area (Å²) >= 11 is 0. The number of anilines is 2. The smallest absolute Gasteiger partial charge is 0.0492 e. The molecule has 3 nitrogen and oxygen atoms in total. The lowest BCUT2D eigenvalue weighted by Gasteiger charge is -2.52. The highest BCUT2D eigenvalue weighted by molar-refractivity contribution is 5.50. The average Bonchev–Trinajstić information content (AvgIpc) is 2.25. The fraction of sp³-hybridized carbons (Fsp3) is 0.600. The van der Waals surface area contributed by atoms with Crippen molar-refractivity contribution in [3.8, 4) is 0 Å². The first kappa shape index (κ1) is 13.2. The summed E-state index contributed by atoms with van der Waals surface area (Å²) < 4.78 is 0. The van der Waals surface area contributed by atoms with E-state index in [1.54, 1.807) is 0 Å². The van der Waals surface area contributed by atoms with Crippen LogP contribution in [0.1, 0.15) is 47.0 Å².